The Balaban J connectivity index is 0.000000491. The number of rotatable bonds is 6. The van der Waals surface area contributed by atoms with Gasteiger partial charge < -0.3 is 15.4 Å². The second-order valence-corrected chi connectivity index (χ2v) is 5.27. The standard InChI is InChI=1S/C14H20N2O.C4H6/c1-10(2)15-9-13(17)8-12-7-11-5-3-4-6-14(11)16-12;1-3-4-2/h3-7,10,13,15-17H,8-9H2,1-2H3;3-4H,1-2H2/t13-;/m1./s1. The average molecular weight is 286 g/mol. The van der Waals surface area contributed by atoms with Gasteiger partial charge in [-0.1, -0.05) is 57.4 Å². The predicted octanol–water partition coefficient (Wildman–Crippen LogP) is 3.43. The van der Waals surface area contributed by atoms with Crippen molar-refractivity contribution in [2.75, 3.05) is 6.54 Å². The number of allylic oxidation sites excluding steroid dienone is 2. The molecule has 0 bridgehead atoms. The molecule has 0 aliphatic rings. The third-order valence-electron chi connectivity index (χ3n) is 2.97. The molecule has 3 N–H and O–H groups in total. The van der Waals surface area contributed by atoms with Gasteiger partial charge in [0.2, 0.25) is 0 Å². The molecule has 3 heteroatoms. The van der Waals surface area contributed by atoms with E-state index in [0.717, 1.165) is 11.2 Å². The van der Waals surface area contributed by atoms with Gasteiger partial charge in [0.1, 0.15) is 0 Å². The van der Waals surface area contributed by atoms with Gasteiger partial charge in [-0.25, -0.2) is 0 Å². The number of hydrogen-bond donors (Lipinski definition) is 3. The second kappa shape index (κ2) is 9.16. The Labute approximate surface area is 127 Å². The maximum absolute atomic E-state index is 9.89. The fourth-order valence-corrected chi connectivity index (χ4v) is 1.94. The number of aromatic amines is 1. The number of nitrogens with one attached hydrogen (secondary N) is 2. The number of aliphatic hydroxyl groups is 1. The van der Waals surface area contributed by atoms with Crippen LogP contribution in [0.15, 0.2) is 55.6 Å². The molecule has 2 rings (SSSR count). The number of hydrogen-bond acceptors (Lipinski definition) is 2. The molecule has 114 valence electrons. The molecule has 0 unspecified atom stereocenters. The van der Waals surface area contributed by atoms with Gasteiger partial charge in [0.15, 0.2) is 0 Å². The predicted molar refractivity (Wildman–Crippen MR) is 91.5 cm³/mol. The van der Waals surface area contributed by atoms with Crippen molar-refractivity contribution in [2.24, 2.45) is 0 Å². The number of benzene rings is 1. The number of H-pyrrole nitrogens is 1. The van der Waals surface area contributed by atoms with E-state index in [4.69, 9.17) is 0 Å². The molecule has 0 fully saturated rings. The summed E-state index contributed by atoms with van der Waals surface area (Å²) in [5.74, 6) is 0. The third-order valence-corrected chi connectivity index (χ3v) is 2.97. The molecule has 0 amide bonds. The fraction of sp³-hybridized carbons (Fsp3) is 0.333. The van der Waals surface area contributed by atoms with Crippen molar-refractivity contribution < 1.29 is 5.11 Å². The molecule has 1 heterocycles. The summed E-state index contributed by atoms with van der Waals surface area (Å²) < 4.78 is 0. The molecule has 3 nitrogen and oxygen atoms in total. The summed E-state index contributed by atoms with van der Waals surface area (Å²) >= 11 is 0. The minimum atomic E-state index is -0.342. The van der Waals surface area contributed by atoms with Gasteiger partial charge >= 0.3 is 0 Å². The highest BCUT2D eigenvalue weighted by Crippen LogP contribution is 2.15. The van der Waals surface area contributed by atoms with Crippen LogP contribution in [0.4, 0.5) is 0 Å². The summed E-state index contributed by atoms with van der Waals surface area (Å²) in [5.41, 5.74) is 2.22. The van der Waals surface area contributed by atoms with E-state index < -0.39 is 0 Å². The van der Waals surface area contributed by atoms with Gasteiger partial charge in [0.25, 0.3) is 0 Å². The summed E-state index contributed by atoms with van der Waals surface area (Å²) in [4.78, 5) is 3.33. The Morgan fingerprint density at radius 2 is 1.90 bits per heavy atom. The normalized spacial score (nSPS) is 11.8. The molecule has 0 aliphatic carbocycles. The summed E-state index contributed by atoms with van der Waals surface area (Å²) in [7, 11) is 0. The zero-order chi connectivity index (χ0) is 15.7. The number of aromatic nitrogens is 1. The van der Waals surface area contributed by atoms with Crippen molar-refractivity contribution in [3.8, 4) is 0 Å². The summed E-state index contributed by atoms with van der Waals surface area (Å²) in [6.45, 7) is 11.5. The third kappa shape index (κ3) is 6.43. The van der Waals surface area contributed by atoms with Crippen LogP contribution in [0.3, 0.4) is 0 Å². The molecule has 1 aromatic heterocycles. The molecule has 0 aliphatic heterocycles. The van der Waals surface area contributed by atoms with Gasteiger partial charge in [-0.15, -0.1) is 0 Å². The highest BCUT2D eigenvalue weighted by molar-refractivity contribution is 5.80. The summed E-state index contributed by atoms with van der Waals surface area (Å²) in [6, 6.07) is 10.7. The van der Waals surface area contributed by atoms with Crippen molar-refractivity contribution in [3.63, 3.8) is 0 Å². The van der Waals surface area contributed by atoms with Crippen molar-refractivity contribution in [1.29, 1.82) is 0 Å². The van der Waals surface area contributed by atoms with E-state index in [1.807, 2.05) is 12.1 Å². The number of para-hydroxylation sites is 1. The summed E-state index contributed by atoms with van der Waals surface area (Å²) in [5, 5.41) is 14.3. The van der Waals surface area contributed by atoms with Gasteiger partial charge in [0.05, 0.1) is 6.10 Å². The SMILES string of the molecule is C=CC=C.CC(C)NC[C@H](O)Cc1cc2ccccc2[nH]1. The highest BCUT2D eigenvalue weighted by atomic mass is 16.3. The van der Waals surface area contributed by atoms with Gasteiger partial charge in [-0.3, -0.25) is 0 Å². The molecule has 0 radical (unpaired) electrons. The van der Waals surface area contributed by atoms with Gasteiger partial charge in [0, 0.05) is 30.2 Å². The van der Waals surface area contributed by atoms with Crippen LogP contribution in [0.25, 0.3) is 10.9 Å². The monoisotopic (exact) mass is 286 g/mol. The van der Waals surface area contributed by atoms with Crippen molar-refractivity contribution in [1.82, 2.24) is 10.3 Å². The Morgan fingerprint density at radius 1 is 1.24 bits per heavy atom. The number of aliphatic hydroxyl groups excluding tert-OH is 1. The molecule has 1 aromatic carbocycles. The highest BCUT2D eigenvalue weighted by Gasteiger charge is 2.08. The second-order valence-electron chi connectivity index (χ2n) is 5.27. The minimum Gasteiger partial charge on any atom is -0.391 e. The first-order chi connectivity index (χ1) is 10.1. The van der Waals surface area contributed by atoms with E-state index in [-0.39, 0.29) is 6.10 Å². The van der Waals surface area contributed by atoms with Crippen molar-refractivity contribution >= 4 is 10.9 Å². The Bertz CT molecular complexity index is 518. The first-order valence-corrected chi connectivity index (χ1v) is 7.28. The lowest BCUT2D eigenvalue weighted by molar-refractivity contribution is 0.168. The van der Waals surface area contributed by atoms with Crippen LogP contribution in [-0.2, 0) is 6.42 Å². The van der Waals surface area contributed by atoms with Crippen LogP contribution in [0, 0.1) is 0 Å². The van der Waals surface area contributed by atoms with E-state index in [0.29, 0.717) is 19.0 Å². The zero-order valence-electron chi connectivity index (χ0n) is 13.0. The lowest BCUT2D eigenvalue weighted by atomic mass is 10.2. The van der Waals surface area contributed by atoms with Crippen LogP contribution < -0.4 is 5.32 Å². The quantitative estimate of drug-likeness (QED) is 0.713. The van der Waals surface area contributed by atoms with Gasteiger partial charge in [-0.2, -0.15) is 0 Å². The smallest absolute Gasteiger partial charge is 0.0719 e. The van der Waals surface area contributed by atoms with Gasteiger partial charge in [-0.05, 0) is 17.5 Å². The number of fused-ring (bicyclic) bond motifs is 1. The molecule has 0 saturated heterocycles. The van der Waals surface area contributed by atoms with Crippen molar-refractivity contribution in [2.45, 2.75) is 32.4 Å². The van der Waals surface area contributed by atoms with Crippen LogP contribution in [0.2, 0.25) is 0 Å². The average Bonchev–Trinajstić information content (AvgIpc) is 2.87. The molecule has 21 heavy (non-hydrogen) atoms. The van der Waals surface area contributed by atoms with Crippen LogP contribution in [0.1, 0.15) is 19.5 Å². The first-order valence-electron chi connectivity index (χ1n) is 7.28. The van der Waals surface area contributed by atoms with Crippen LogP contribution in [0.5, 0.6) is 0 Å². The van der Waals surface area contributed by atoms with E-state index in [9.17, 15) is 5.11 Å². The zero-order valence-corrected chi connectivity index (χ0v) is 13.0. The Kier molecular flexibility index (Phi) is 7.51. The van der Waals surface area contributed by atoms with Crippen molar-refractivity contribution in [3.05, 3.63) is 61.3 Å². The first kappa shape index (κ1) is 17.2. The van der Waals surface area contributed by atoms with E-state index in [1.54, 1.807) is 12.2 Å². The molecular weight excluding hydrogens is 260 g/mol. The maximum Gasteiger partial charge on any atom is 0.0719 e. The molecule has 1 atom stereocenters. The Morgan fingerprint density at radius 3 is 2.48 bits per heavy atom. The molecular formula is C18H26N2O. The van der Waals surface area contributed by atoms with E-state index in [2.05, 4.69) is 55.5 Å². The van der Waals surface area contributed by atoms with Crippen LogP contribution >= 0.6 is 0 Å². The minimum absolute atomic E-state index is 0.342. The van der Waals surface area contributed by atoms with E-state index >= 15 is 0 Å². The lowest BCUT2D eigenvalue weighted by Crippen LogP contribution is -2.33. The summed E-state index contributed by atoms with van der Waals surface area (Å²) in [6.07, 6.45) is 3.60. The van der Waals surface area contributed by atoms with Crippen LogP contribution in [-0.4, -0.2) is 28.8 Å². The fourth-order valence-electron chi connectivity index (χ4n) is 1.94. The largest absolute Gasteiger partial charge is 0.391 e. The topological polar surface area (TPSA) is 48.0 Å². The molecule has 0 saturated carbocycles. The maximum atomic E-state index is 9.89. The molecule has 0 spiro atoms. The Hall–Kier alpha value is -1.84. The van der Waals surface area contributed by atoms with E-state index in [1.165, 1.54) is 5.39 Å². The lowest BCUT2D eigenvalue weighted by Gasteiger charge is -2.13. The molecule has 2 aromatic rings.